The van der Waals surface area contributed by atoms with Gasteiger partial charge < -0.3 is 26.0 Å². The Kier molecular flexibility index (Phi) is 10.8. The lowest BCUT2D eigenvalue weighted by Crippen LogP contribution is -2.57. The van der Waals surface area contributed by atoms with Crippen LogP contribution in [-0.2, 0) is 22.4 Å². The fourth-order valence-electron chi connectivity index (χ4n) is 7.10. The number of amides is 3. The summed E-state index contributed by atoms with van der Waals surface area (Å²) >= 11 is 0. The minimum atomic E-state index is -0.888. The van der Waals surface area contributed by atoms with Gasteiger partial charge in [-0.1, -0.05) is 60.7 Å². The van der Waals surface area contributed by atoms with E-state index in [0.29, 0.717) is 25.1 Å². The minimum absolute atomic E-state index is 0.0896. The van der Waals surface area contributed by atoms with Gasteiger partial charge in [-0.2, -0.15) is 0 Å². The van der Waals surface area contributed by atoms with Crippen molar-refractivity contribution in [1.82, 2.24) is 15.5 Å². The lowest BCUT2D eigenvalue weighted by molar-refractivity contribution is -0.140. The Labute approximate surface area is 273 Å². The molecule has 3 aliphatic carbocycles. The van der Waals surface area contributed by atoms with Gasteiger partial charge in [0.05, 0.1) is 6.61 Å². The SMILES string of the molecule is CCOc1ccc(CC(NC(=O)c2ccccc2)C(=O)N(C)C(Cc2ccccc2)C(=O)NCC23CCC(CN)(CC2)CC3)cc1. The largest absolute Gasteiger partial charge is 0.494 e. The van der Waals surface area contributed by atoms with Crippen LogP contribution in [0, 0.1) is 10.8 Å². The fourth-order valence-corrected chi connectivity index (χ4v) is 7.10. The van der Waals surface area contributed by atoms with E-state index in [0.717, 1.165) is 61.9 Å². The predicted octanol–water partition coefficient (Wildman–Crippen LogP) is 4.91. The smallest absolute Gasteiger partial charge is 0.251 e. The van der Waals surface area contributed by atoms with Crippen LogP contribution in [0.25, 0.3) is 0 Å². The zero-order chi connectivity index (χ0) is 32.6. The molecular formula is C38H48N4O4. The molecule has 3 amide bonds. The second kappa shape index (κ2) is 14.9. The van der Waals surface area contributed by atoms with E-state index >= 15 is 0 Å². The molecule has 3 aliphatic rings. The first-order chi connectivity index (χ1) is 22.3. The molecule has 0 saturated heterocycles. The number of carbonyl (C=O) groups is 3. The number of hydrogen-bond donors (Lipinski definition) is 3. The highest BCUT2D eigenvalue weighted by Gasteiger charge is 2.48. The molecular weight excluding hydrogens is 576 g/mol. The van der Waals surface area contributed by atoms with Gasteiger partial charge in [-0.05, 0) is 98.2 Å². The highest BCUT2D eigenvalue weighted by atomic mass is 16.5. The topological polar surface area (TPSA) is 114 Å². The van der Waals surface area contributed by atoms with Crippen LogP contribution in [0.4, 0.5) is 0 Å². The molecule has 3 aromatic rings. The van der Waals surface area contributed by atoms with Gasteiger partial charge in [0.2, 0.25) is 11.8 Å². The van der Waals surface area contributed by atoms with E-state index in [1.807, 2.05) is 67.6 Å². The standard InChI is InChI=1S/C38H48N4O4/c1-3-46-31-16-14-29(15-17-31)24-32(41-34(43)30-12-8-5-9-13-30)36(45)42(2)33(25-28-10-6-4-7-11-28)35(44)40-27-38-21-18-37(26-39,19-22-38)20-23-38/h4-17,32-33H,3,18-27,39H2,1-2H3,(H,40,44)(H,41,43). The van der Waals surface area contributed by atoms with Crippen LogP contribution in [0.5, 0.6) is 5.75 Å². The van der Waals surface area contributed by atoms with Gasteiger partial charge in [0.15, 0.2) is 0 Å². The van der Waals surface area contributed by atoms with Gasteiger partial charge in [-0.15, -0.1) is 0 Å². The normalized spacial score (nSPS) is 21.5. The van der Waals surface area contributed by atoms with Crippen molar-refractivity contribution in [1.29, 1.82) is 0 Å². The van der Waals surface area contributed by atoms with Crippen molar-refractivity contribution in [2.24, 2.45) is 16.6 Å². The number of benzene rings is 3. The van der Waals surface area contributed by atoms with Crippen molar-refractivity contribution < 1.29 is 19.1 Å². The van der Waals surface area contributed by atoms with Gasteiger partial charge in [0.25, 0.3) is 5.91 Å². The number of carbonyl (C=O) groups excluding carboxylic acids is 3. The number of ether oxygens (including phenoxy) is 1. The third kappa shape index (κ3) is 7.97. The molecule has 4 N–H and O–H groups in total. The molecule has 244 valence electrons. The first kappa shape index (κ1) is 33.2. The Morgan fingerprint density at radius 3 is 1.96 bits per heavy atom. The third-order valence-corrected chi connectivity index (χ3v) is 10.3. The highest BCUT2D eigenvalue weighted by molar-refractivity contribution is 5.98. The molecule has 8 nitrogen and oxygen atoms in total. The predicted molar refractivity (Wildman–Crippen MR) is 180 cm³/mol. The van der Waals surface area contributed by atoms with Gasteiger partial charge in [0.1, 0.15) is 17.8 Å². The van der Waals surface area contributed by atoms with Gasteiger partial charge in [-0.25, -0.2) is 0 Å². The molecule has 3 aromatic carbocycles. The van der Waals surface area contributed by atoms with Crippen molar-refractivity contribution in [2.75, 3.05) is 26.7 Å². The molecule has 8 heteroatoms. The first-order valence-corrected chi connectivity index (χ1v) is 16.6. The summed E-state index contributed by atoms with van der Waals surface area (Å²) in [6.07, 6.45) is 7.16. The minimum Gasteiger partial charge on any atom is -0.494 e. The summed E-state index contributed by atoms with van der Waals surface area (Å²) in [5.74, 6) is -0.104. The molecule has 0 heterocycles. The monoisotopic (exact) mass is 624 g/mol. The summed E-state index contributed by atoms with van der Waals surface area (Å²) in [6.45, 7) is 3.81. The summed E-state index contributed by atoms with van der Waals surface area (Å²) in [4.78, 5) is 43.2. The summed E-state index contributed by atoms with van der Waals surface area (Å²) in [7, 11) is 1.67. The van der Waals surface area contributed by atoms with E-state index in [2.05, 4.69) is 10.6 Å². The first-order valence-electron chi connectivity index (χ1n) is 16.6. The average molecular weight is 625 g/mol. The molecule has 0 radical (unpaired) electrons. The molecule has 3 fully saturated rings. The Hall–Kier alpha value is -4.17. The molecule has 46 heavy (non-hydrogen) atoms. The van der Waals surface area contributed by atoms with Crippen LogP contribution < -0.4 is 21.1 Å². The second-order valence-electron chi connectivity index (χ2n) is 13.2. The fraction of sp³-hybridized carbons (Fsp3) is 0.447. The molecule has 0 aromatic heterocycles. The molecule has 2 atom stereocenters. The van der Waals surface area contributed by atoms with E-state index in [9.17, 15) is 14.4 Å². The molecule has 0 spiro atoms. The maximum absolute atomic E-state index is 14.3. The van der Waals surface area contributed by atoms with E-state index < -0.39 is 12.1 Å². The Bertz CT molecular complexity index is 1440. The number of fused-ring (bicyclic) bond motifs is 3. The second-order valence-corrected chi connectivity index (χ2v) is 13.2. The van der Waals surface area contributed by atoms with E-state index in [1.54, 1.807) is 31.3 Å². The summed E-state index contributed by atoms with van der Waals surface area (Å²) in [6, 6.07) is 24.5. The Morgan fingerprint density at radius 2 is 1.37 bits per heavy atom. The quantitative estimate of drug-likeness (QED) is 0.236. The van der Waals surface area contributed by atoms with E-state index in [4.69, 9.17) is 10.5 Å². The van der Waals surface area contributed by atoms with Crippen LogP contribution >= 0.6 is 0 Å². The number of nitrogens with one attached hydrogen (secondary N) is 2. The lowest BCUT2D eigenvalue weighted by Gasteiger charge is -2.53. The van der Waals surface area contributed by atoms with Crippen LogP contribution in [0.3, 0.4) is 0 Å². The Morgan fingerprint density at radius 1 is 0.804 bits per heavy atom. The van der Waals surface area contributed by atoms with Crippen LogP contribution in [0.15, 0.2) is 84.9 Å². The van der Waals surface area contributed by atoms with Crippen molar-refractivity contribution in [3.05, 3.63) is 102 Å². The van der Waals surface area contributed by atoms with Gasteiger partial charge in [0, 0.05) is 32.0 Å². The zero-order valence-corrected chi connectivity index (χ0v) is 27.2. The zero-order valence-electron chi connectivity index (χ0n) is 27.2. The Balaban J connectivity index is 1.36. The number of likely N-dealkylation sites (N-methyl/N-ethyl adjacent to an activating group) is 1. The lowest BCUT2D eigenvalue weighted by atomic mass is 9.54. The summed E-state index contributed by atoms with van der Waals surface area (Å²) < 4.78 is 5.59. The van der Waals surface area contributed by atoms with Crippen molar-refractivity contribution >= 4 is 17.7 Å². The summed E-state index contributed by atoms with van der Waals surface area (Å²) in [5, 5.41) is 6.23. The highest BCUT2D eigenvalue weighted by Crippen LogP contribution is 2.56. The molecule has 2 bridgehead atoms. The number of hydrogen-bond acceptors (Lipinski definition) is 5. The number of nitrogens with two attached hydrogens (primary N) is 1. The number of rotatable bonds is 14. The van der Waals surface area contributed by atoms with Crippen LogP contribution in [0.2, 0.25) is 0 Å². The van der Waals surface area contributed by atoms with Crippen LogP contribution in [0.1, 0.15) is 66.9 Å². The molecule has 3 saturated carbocycles. The van der Waals surface area contributed by atoms with Crippen molar-refractivity contribution in [3.8, 4) is 5.75 Å². The van der Waals surface area contributed by atoms with Crippen LogP contribution in [-0.4, -0.2) is 61.4 Å². The van der Waals surface area contributed by atoms with E-state index in [-0.39, 0.29) is 35.0 Å². The molecule has 0 aliphatic heterocycles. The van der Waals surface area contributed by atoms with Crippen molar-refractivity contribution in [3.63, 3.8) is 0 Å². The van der Waals surface area contributed by atoms with Gasteiger partial charge >= 0.3 is 0 Å². The molecule has 2 unspecified atom stereocenters. The maximum Gasteiger partial charge on any atom is 0.251 e. The van der Waals surface area contributed by atoms with Gasteiger partial charge in [-0.3, -0.25) is 14.4 Å². The summed E-state index contributed by atoms with van der Waals surface area (Å²) in [5.41, 5.74) is 8.79. The molecule has 6 rings (SSSR count). The maximum atomic E-state index is 14.3. The third-order valence-electron chi connectivity index (χ3n) is 10.3. The van der Waals surface area contributed by atoms with Crippen molar-refractivity contribution in [2.45, 2.75) is 70.4 Å². The average Bonchev–Trinajstić information content (AvgIpc) is 3.11. The van der Waals surface area contributed by atoms with E-state index in [1.165, 1.54) is 4.90 Å². The number of nitrogens with zero attached hydrogens (tertiary/aromatic N) is 1.